The third kappa shape index (κ3) is 1.39. The lowest BCUT2D eigenvalue weighted by molar-refractivity contribution is 0.585. The van der Waals surface area contributed by atoms with Gasteiger partial charge in [-0.1, -0.05) is 45.1 Å². The van der Waals surface area contributed by atoms with Gasteiger partial charge in [-0.3, -0.25) is 0 Å². The number of fused-ring (bicyclic) bond motifs is 1. The van der Waals surface area contributed by atoms with Gasteiger partial charge in [0.2, 0.25) is 0 Å². The molecule has 0 aromatic heterocycles. The lowest BCUT2D eigenvalue weighted by Gasteiger charge is -2.23. The van der Waals surface area contributed by atoms with Crippen LogP contribution in [0.4, 0.5) is 0 Å². The van der Waals surface area contributed by atoms with Crippen molar-refractivity contribution < 1.29 is 0 Å². The molecule has 0 heterocycles. The first kappa shape index (κ1) is 9.51. The van der Waals surface area contributed by atoms with Crippen molar-refractivity contribution in [2.24, 2.45) is 0 Å². The molecule has 14 heavy (non-hydrogen) atoms. The fourth-order valence-electron chi connectivity index (χ4n) is 2.32. The Morgan fingerprint density at radius 2 is 1.86 bits per heavy atom. The average molecular weight is 186 g/mol. The Labute approximate surface area is 86.7 Å². The second-order valence-corrected chi connectivity index (χ2v) is 5.16. The van der Waals surface area contributed by atoms with E-state index in [1.54, 1.807) is 0 Å². The van der Waals surface area contributed by atoms with Gasteiger partial charge in [-0.2, -0.15) is 0 Å². The van der Waals surface area contributed by atoms with Crippen molar-refractivity contribution in [1.29, 1.82) is 0 Å². The van der Waals surface area contributed by atoms with E-state index in [0.717, 1.165) is 6.42 Å². The molecule has 0 aliphatic heterocycles. The Hall–Kier alpha value is -1.04. The fourth-order valence-corrected chi connectivity index (χ4v) is 2.32. The van der Waals surface area contributed by atoms with E-state index in [1.165, 1.54) is 22.3 Å². The van der Waals surface area contributed by atoms with E-state index in [4.69, 9.17) is 0 Å². The van der Waals surface area contributed by atoms with Gasteiger partial charge < -0.3 is 0 Å². The van der Waals surface area contributed by atoms with Crippen LogP contribution in [-0.4, -0.2) is 0 Å². The summed E-state index contributed by atoms with van der Waals surface area (Å²) >= 11 is 0. The second-order valence-electron chi connectivity index (χ2n) is 5.16. The molecule has 2 rings (SSSR count). The summed E-state index contributed by atoms with van der Waals surface area (Å²) in [6.07, 6.45) is 5.60. The van der Waals surface area contributed by atoms with Gasteiger partial charge in [0, 0.05) is 0 Å². The van der Waals surface area contributed by atoms with Crippen molar-refractivity contribution in [2.75, 3.05) is 0 Å². The summed E-state index contributed by atoms with van der Waals surface area (Å²) in [5.74, 6) is 0. The Kier molecular flexibility index (Phi) is 2.02. The minimum Gasteiger partial charge on any atom is -0.0795 e. The molecular formula is C14H18. The zero-order valence-corrected chi connectivity index (χ0v) is 9.52. The van der Waals surface area contributed by atoms with Gasteiger partial charge in [-0.25, -0.2) is 0 Å². The molecule has 0 fully saturated rings. The molecule has 0 heteroatoms. The third-order valence-electron chi connectivity index (χ3n) is 3.06. The third-order valence-corrected chi connectivity index (χ3v) is 3.06. The summed E-state index contributed by atoms with van der Waals surface area (Å²) in [7, 11) is 0. The van der Waals surface area contributed by atoms with Gasteiger partial charge in [0.1, 0.15) is 0 Å². The number of rotatable bonds is 0. The lowest BCUT2D eigenvalue weighted by Crippen LogP contribution is -2.14. The zero-order valence-electron chi connectivity index (χ0n) is 9.52. The number of hydrogen-bond donors (Lipinski definition) is 0. The SMILES string of the molecule is Cc1c(C(C)(C)C)ccc2c1CC=C2. The molecule has 1 aromatic carbocycles. The second kappa shape index (κ2) is 2.98. The maximum Gasteiger partial charge on any atom is -0.00854 e. The average Bonchev–Trinajstić information content (AvgIpc) is 2.50. The Morgan fingerprint density at radius 1 is 1.14 bits per heavy atom. The van der Waals surface area contributed by atoms with E-state index in [0.29, 0.717) is 0 Å². The molecule has 0 saturated heterocycles. The van der Waals surface area contributed by atoms with E-state index < -0.39 is 0 Å². The number of hydrogen-bond acceptors (Lipinski definition) is 0. The van der Waals surface area contributed by atoms with Crippen LogP contribution in [0.2, 0.25) is 0 Å². The van der Waals surface area contributed by atoms with Gasteiger partial charge in [0.05, 0.1) is 0 Å². The molecule has 0 saturated carbocycles. The molecule has 0 amide bonds. The molecule has 0 N–H and O–H groups in total. The van der Waals surface area contributed by atoms with Crippen molar-refractivity contribution in [3.05, 3.63) is 40.5 Å². The summed E-state index contributed by atoms with van der Waals surface area (Å²) in [6, 6.07) is 4.54. The molecule has 0 unspecified atom stereocenters. The van der Waals surface area contributed by atoms with Crippen molar-refractivity contribution in [3.63, 3.8) is 0 Å². The number of allylic oxidation sites excluding steroid dienone is 1. The lowest BCUT2D eigenvalue weighted by atomic mass is 9.82. The Balaban J connectivity index is 2.58. The van der Waals surface area contributed by atoms with Crippen molar-refractivity contribution in [1.82, 2.24) is 0 Å². The first-order valence-electron chi connectivity index (χ1n) is 5.29. The molecule has 0 bridgehead atoms. The molecule has 0 spiro atoms. The minimum atomic E-state index is 0.266. The largest absolute Gasteiger partial charge is 0.0795 e. The summed E-state index contributed by atoms with van der Waals surface area (Å²) in [5.41, 5.74) is 6.18. The summed E-state index contributed by atoms with van der Waals surface area (Å²) in [5, 5.41) is 0. The smallest absolute Gasteiger partial charge is 0.00854 e. The van der Waals surface area contributed by atoms with Crippen LogP contribution in [0.3, 0.4) is 0 Å². The minimum absolute atomic E-state index is 0.266. The van der Waals surface area contributed by atoms with Crippen LogP contribution in [0, 0.1) is 6.92 Å². The van der Waals surface area contributed by atoms with Crippen molar-refractivity contribution in [2.45, 2.75) is 39.5 Å². The maximum absolute atomic E-state index is 2.28. The van der Waals surface area contributed by atoms with E-state index in [1.807, 2.05) is 0 Å². The summed E-state index contributed by atoms with van der Waals surface area (Å²) in [4.78, 5) is 0. The van der Waals surface area contributed by atoms with Crippen molar-refractivity contribution in [3.8, 4) is 0 Å². The predicted molar refractivity (Wildman–Crippen MR) is 62.6 cm³/mol. The fraction of sp³-hybridized carbons (Fsp3) is 0.429. The molecule has 74 valence electrons. The molecule has 1 aliphatic carbocycles. The van der Waals surface area contributed by atoms with Crippen LogP contribution in [0.5, 0.6) is 0 Å². The predicted octanol–water partition coefficient (Wildman–Crippen LogP) is 3.86. The van der Waals surface area contributed by atoms with Gasteiger partial charge >= 0.3 is 0 Å². The van der Waals surface area contributed by atoms with Gasteiger partial charge in [-0.15, -0.1) is 0 Å². The van der Waals surface area contributed by atoms with Gasteiger partial charge in [0.15, 0.2) is 0 Å². The quantitative estimate of drug-likeness (QED) is 0.577. The molecule has 0 atom stereocenters. The van der Waals surface area contributed by atoms with E-state index >= 15 is 0 Å². The van der Waals surface area contributed by atoms with E-state index in [9.17, 15) is 0 Å². The van der Waals surface area contributed by atoms with Crippen molar-refractivity contribution >= 4 is 6.08 Å². The molecular weight excluding hydrogens is 168 g/mol. The van der Waals surface area contributed by atoms with Crippen LogP contribution in [-0.2, 0) is 11.8 Å². The van der Waals surface area contributed by atoms with Crippen LogP contribution < -0.4 is 0 Å². The molecule has 0 nitrogen and oxygen atoms in total. The first-order valence-corrected chi connectivity index (χ1v) is 5.29. The van der Waals surface area contributed by atoms with Gasteiger partial charge in [-0.05, 0) is 41.0 Å². The van der Waals surface area contributed by atoms with Crippen LogP contribution in [0.1, 0.15) is 43.0 Å². The van der Waals surface area contributed by atoms with Gasteiger partial charge in [0.25, 0.3) is 0 Å². The normalized spacial score (nSPS) is 14.6. The molecule has 1 aliphatic rings. The highest BCUT2D eigenvalue weighted by molar-refractivity contribution is 5.63. The molecule has 1 aromatic rings. The Bertz CT molecular complexity index is 389. The highest BCUT2D eigenvalue weighted by Gasteiger charge is 2.19. The standard InChI is InChI=1S/C14H18/c1-10-12-7-5-6-11(12)8-9-13(10)14(2,3)4/h5-6,8-9H,7H2,1-4H3. The van der Waals surface area contributed by atoms with Crippen LogP contribution >= 0.6 is 0 Å². The van der Waals surface area contributed by atoms with E-state index in [2.05, 4.69) is 52.0 Å². The van der Waals surface area contributed by atoms with Crippen LogP contribution in [0.25, 0.3) is 6.08 Å². The first-order chi connectivity index (χ1) is 6.50. The molecule has 0 radical (unpaired) electrons. The maximum atomic E-state index is 2.28. The summed E-state index contributed by atoms with van der Waals surface area (Å²) in [6.45, 7) is 9.10. The highest BCUT2D eigenvalue weighted by atomic mass is 14.2. The Morgan fingerprint density at radius 3 is 2.50 bits per heavy atom. The highest BCUT2D eigenvalue weighted by Crippen LogP contribution is 2.32. The van der Waals surface area contributed by atoms with Crippen LogP contribution in [0.15, 0.2) is 18.2 Å². The monoisotopic (exact) mass is 186 g/mol. The zero-order chi connectivity index (χ0) is 10.3. The number of benzene rings is 1. The summed E-state index contributed by atoms with van der Waals surface area (Å²) < 4.78 is 0. The topological polar surface area (TPSA) is 0 Å². The van der Waals surface area contributed by atoms with E-state index in [-0.39, 0.29) is 5.41 Å².